The zero-order valence-electron chi connectivity index (χ0n) is 14.5. The lowest BCUT2D eigenvalue weighted by molar-refractivity contribution is 0.193. The maximum Gasteiger partial charge on any atom is 0.355 e. The first-order valence-corrected chi connectivity index (χ1v) is 12.5. The Morgan fingerprint density at radius 2 is 1.10 bits per heavy atom. The summed E-state index contributed by atoms with van der Waals surface area (Å²) >= 11 is 0. The van der Waals surface area contributed by atoms with Crippen LogP contribution in [-0.4, -0.2) is 30.3 Å². The first kappa shape index (κ1) is 20.8. The fourth-order valence-corrected chi connectivity index (χ4v) is 9.97. The van der Waals surface area contributed by atoms with E-state index in [4.69, 9.17) is 13.0 Å². The molecule has 0 fully saturated rings. The third-order valence-corrected chi connectivity index (χ3v) is 11.1. The molecule has 0 saturated heterocycles. The summed E-state index contributed by atoms with van der Waals surface area (Å²) in [5, 5.41) is 0. The highest BCUT2D eigenvalue weighted by atomic mass is 28.5. The Labute approximate surface area is 133 Å². The van der Waals surface area contributed by atoms with Gasteiger partial charge in [-0.05, 0) is 24.9 Å². The van der Waals surface area contributed by atoms with Gasteiger partial charge in [-0.15, -0.1) is 13.2 Å². The van der Waals surface area contributed by atoms with E-state index in [-0.39, 0.29) is 0 Å². The van der Waals surface area contributed by atoms with Crippen LogP contribution in [-0.2, 0) is 13.0 Å². The predicted octanol–water partition coefficient (Wildman–Crippen LogP) is 5.01. The monoisotopic (exact) mass is 330 g/mol. The van der Waals surface area contributed by atoms with Crippen molar-refractivity contribution in [3.63, 3.8) is 0 Å². The summed E-state index contributed by atoms with van der Waals surface area (Å²) < 4.78 is 18.9. The van der Waals surface area contributed by atoms with Crippen LogP contribution in [0.1, 0.15) is 53.4 Å². The molecule has 21 heavy (non-hydrogen) atoms. The van der Waals surface area contributed by atoms with Crippen molar-refractivity contribution < 1.29 is 13.0 Å². The van der Waals surface area contributed by atoms with E-state index in [1.54, 1.807) is 0 Å². The van der Waals surface area contributed by atoms with E-state index in [1.165, 1.54) is 0 Å². The zero-order valence-corrected chi connectivity index (χ0v) is 16.5. The summed E-state index contributed by atoms with van der Waals surface area (Å²) in [7, 11) is -4.81. The maximum absolute atomic E-state index is 6.61. The molecule has 0 heterocycles. The molecule has 0 amide bonds. The highest BCUT2D eigenvalue weighted by Crippen LogP contribution is 2.27. The molecule has 0 aromatic heterocycles. The summed E-state index contributed by atoms with van der Waals surface area (Å²) in [6, 6.07) is 1.86. The summed E-state index contributed by atoms with van der Waals surface area (Å²) in [4.78, 5) is 0. The van der Waals surface area contributed by atoms with Gasteiger partial charge in [0.1, 0.15) is 0 Å². The SMILES string of the molecule is C=C[Si](CCC)(OCCC)O[Si](C=C)(CCC)OCCC. The van der Waals surface area contributed by atoms with Gasteiger partial charge >= 0.3 is 17.1 Å². The fourth-order valence-electron chi connectivity index (χ4n) is 2.25. The third kappa shape index (κ3) is 7.06. The van der Waals surface area contributed by atoms with Gasteiger partial charge < -0.3 is 13.0 Å². The Hall–Kier alpha value is -0.206. The molecular weight excluding hydrogens is 296 g/mol. The van der Waals surface area contributed by atoms with Crippen molar-refractivity contribution in [2.24, 2.45) is 0 Å². The highest BCUT2D eigenvalue weighted by molar-refractivity contribution is 6.86. The molecule has 0 radical (unpaired) electrons. The molecule has 0 saturated carbocycles. The minimum absolute atomic E-state index is 0.722. The van der Waals surface area contributed by atoms with Crippen LogP contribution < -0.4 is 0 Å². The van der Waals surface area contributed by atoms with Gasteiger partial charge in [0.25, 0.3) is 0 Å². The van der Waals surface area contributed by atoms with E-state index in [2.05, 4.69) is 40.9 Å². The third-order valence-electron chi connectivity index (χ3n) is 3.27. The molecule has 5 heteroatoms. The average Bonchev–Trinajstić information content (AvgIpc) is 2.50. The molecule has 0 aliphatic heterocycles. The van der Waals surface area contributed by atoms with Gasteiger partial charge in [-0.2, -0.15) is 0 Å². The molecule has 0 aliphatic rings. The number of rotatable bonds is 14. The Morgan fingerprint density at radius 3 is 1.33 bits per heavy atom. The average molecular weight is 331 g/mol. The van der Waals surface area contributed by atoms with Crippen molar-refractivity contribution in [2.45, 2.75) is 65.5 Å². The second-order valence-electron chi connectivity index (χ2n) is 5.33. The number of hydrogen-bond acceptors (Lipinski definition) is 3. The molecule has 0 aromatic rings. The van der Waals surface area contributed by atoms with Gasteiger partial charge in [-0.25, -0.2) is 0 Å². The van der Waals surface area contributed by atoms with Crippen molar-refractivity contribution in [2.75, 3.05) is 13.2 Å². The van der Waals surface area contributed by atoms with Crippen LogP contribution in [0.15, 0.2) is 24.6 Å². The van der Waals surface area contributed by atoms with E-state index >= 15 is 0 Å². The van der Waals surface area contributed by atoms with Crippen LogP contribution in [0.2, 0.25) is 12.1 Å². The van der Waals surface area contributed by atoms with E-state index in [0.29, 0.717) is 0 Å². The topological polar surface area (TPSA) is 27.7 Å². The van der Waals surface area contributed by atoms with Gasteiger partial charge in [0.05, 0.1) is 0 Å². The molecule has 124 valence electrons. The van der Waals surface area contributed by atoms with Crippen molar-refractivity contribution in [3.8, 4) is 0 Å². The van der Waals surface area contributed by atoms with Crippen LogP contribution >= 0.6 is 0 Å². The minimum atomic E-state index is -2.40. The normalized spacial score (nSPS) is 17.0. The van der Waals surface area contributed by atoms with Crippen LogP contribution in [0.25, 0.3) is 0 Å². The molecule has 2 unspecified atom stereocenters. The summed E-state index contributed by atoms with van der Waals surface area (Å²) in [5.41, 5.74) is 3.87. The molecule has 3 nitrogen and oxygen atoms in total. The lowest BCUT2D eigenvalue weighted by Crippen LogP contribution is -2.54. The second kappa shape index (κ2) is 11.4. The minimum Gasteiger partial charge on any atom is -0.408 e. The standard InChI is InChI=1S/C16H34O3Si2/c1-7-13-17-20(11-5,15-9-3)19-21(12-6,16-10-4)18-14-8-2/h11-12H,5-10,13-16H2,1-4H3. The van der Waals surface area contributed by atoms with Gasteiger partial charge in [-0.1, -0.05) is 51.9 Å². The largest absolute Gasteiger partial charge is 0.408 e. The lowest BCUT2D eigenvalue weighted by Gasteiger charge is -2.37. The fraction of sp³-hybridized carbons (Fsp3) is 0.750. The molecule has 0 spiro atoms. The summed E-state index contributed by atoms with van der Waals surface area (Å²) in [6.07, 6.45) is 4.04. The van der Waals surface area contributed by atoms with Crippen molar-refractivity contribution in [1.82, 2.24) is 0 Å². The summed E-state index contributed by atoms with van der Waals surface area (Å²) in [6.45, 7) is 18.0. The zero-order chi connectivity index (χ0) is 16.2. The smallest absolute Gasteiger partial charge is 0.355 e. The van der Waals surface area contributed by atoms with Crippen molar-refractivity contribution in [3.05, 3.63) is 24.6 Å². The van der Waals surface area contributed by atoms with E-state index in [1.807, 2.05) is 11.4 Å². The van der Waals surface area contributed by atoms with Crippen LogP contribution in [0.3, 0.4) is 0 Å². The van der Waals surface area contributed by atoms with Gasteiger partial charge in [0.15, 0.2) is 0 Å². The van der Waals surface area contributed by atoms with Crippen molar-refractivity contribution in [1.29, 1.82) is 0 Å². The first-order valence-electron chi connectivity index (χ1n) is 8.32. The predicted molar refractivity (Wildman–Crippen MR) is 95.7 cm³/mol. The molecule has 0 rings (SSSR count). The van der Waals surface area contributed by atoms with E-state index < -0.39 is 17.1 Å². The van der Waals surface area contributed by atoms with Gasteiger partial charge in [0.2, 0.25) is 0 Å². The number of hydrogen-bond donors (Lipinski definition) is 0. The van der Waals surface area contributed by atoms with Gasteiger partial charge in [0, 0.05) is 13.2 Å². The Bertz CT molecular complexity index is 271. The second-order valence-corrected chi connectivity index (χ2v) is 11.8. The molecule has 0 aromatic carbocycles. The molecule has 2 atom stereocenters. The van der Waals surface area contributed by atoms with Crippen LogP contribution in [0.5, 0.6) is 0 Å². The Kier molecular flexibility index (Phi) is 11.3. The van der Waals surface area contributed by atoms with Crippen molar-refractivity contribution >= 4 is 17.1 Å². The molecular formula is C16H34O3Si2. The van der Waals surface area contributed by atoms with E-state index in [9.17, 15) is 0 Å². The van der Waals surface area contributed by atoms with Crippen LogP contribution in [0, 0.1) is 0 Å². The molecule has 0 bridgehead atoms. The Balaban J connectivity index is 5.23. The Morgan fingerprint density at radius 1 is 0.714 bits per heavy atom. The lowest BCUT2D eigenvalue weighted by atomic mass is 10.5. The molecule has 0 N–H and O–H groups in total. The summed E-state index contributed by atoms with van der Waals surface area (Å²) in [5.74, 6) is 0. The molecule has 0 aliphatic carbocycles. The van der Waals surface area contributed by atoms with Gasteiger partial charge in [-0.3, -0.25) is 0 Å². The van der Waals surface area contributed by atoms with E-state index in [0.717, 1.165) is 51.0 Å². The first-order chi connectivity index (χ1) is 10.1. The quantitative estimate of drug-likeness (QED) is 0.419. The van der Waals surface area contributed by atoms with Crippen LogP contribution in [0.4, 0.5) is 0 Å². The highest BCUT2D eigenvalue weighted by Gasteiger charge is 2.45. The maximum atomic E-state index is 6.61.